The summed E-state index contributed by atoms with van der Waals surface area (Å²) in [6.45, 7) is 7.75. The maximum absolute atomic E-state index is 6.18. The normalized spacial score (nSPS) is 17.6. The molecule has 1 saturated heterocycles. The number of benzene rings is 2. The zero-order chi connectivity index (χ0) is 15.6. The fourth-order valence-electron chi connectivity index (χ4n) is 3.37. The van der Waals surface area contributed by atoms with E-state index in [1.807, 2.05) is 18.2 Å². The van der Waals surface area contributed by atoms with Crippen LogP contribution in [-0.4, -0.2) is 42.5 Å². The van der Waals surface area contributed by atoms with Gasteiger partial charge in [0.2, 0.25) is 0 Å². The molecule has 2 heterocycles. The molecule has 3 nitrogen and oxygen atoms in total. The number of fused-ring (bicyclic) bond motifs is 2. The highest BCUT2D eigenvalue weighted by atomic mass is 16.5. The van der Waals surface area contributed by atoms with Crippen molar-refractivity contribution in [1.29, 1.82) is 0 Å². The Labute approximate surface area is 137 Å². The number of rotatable bonds is 2. The van der Waals surface area contributed by atoms with E-state index >= 15 is 0 Å². The van der Waals surface area contributed by atoms with Crippen LogP contribution in [-0.2, 0) is 0 Å². The predicted octanol–water partition coefficient (Wildman–Crippen LogP) is 3.93. The highest BCUT2D eigenvalue weighted by Gasteiger charge is 2.23. The molecule has 0 saturated carbocycles. The van der Waals surface area contributed by atoms with E-state index < -0.39 is 0 Å². The summed E-state index contributed by atoms with van der Waals surface area (Å²) in [4.78, 5) is 5.00. The minimum absolute atomic E-state index is 0.933. The van der Waals surface area contributed by atoms with Crippen LogP contribution in [0.15, 0.2) is 48.5 Å². The molecule has 23 heavy (non-hydrogen) atoms. The van der Waals surface area contributed by atoms with Crippen molar-refractivity contribution in [2.45, 2.75) is 6.92 Å². The first-order chi connectivity index (χ1) is 11.3. The molecule has 0 radical (unpaired) electrons. The Morgan fingerprint density at radius 2 is 1.57 bits per heavy atom. The standard InChI is InChI=1S/C20H22N2O/c1-2-21-11-13-22(14-12-21)18-15-16-7-3-5-9-19(16)23-20-10-6-4-8-17(18)20/h3-10,15H,2,11-14H2,1H3. The van der Waals surface area contributed by atoms with Gasteiger partial charge in [0.05, 0.1) is 0 Å². The van der Waals surface area contributed by atoms with Crippen molar-refractivity contribution in [3.8, 4) is 11.5 Å². The molecule has 0 amide bonds. The number of hydrogen-bond donors (Lipinski definition) is 0. The average Bonchev–Trinajstić information content (AvgIpc) is 2.78. The fraction of sp³-hybridized carbons (Fsp3) is 0.300. The van der Waals surface area contributed by atoms with Gasteiger partial charge in [-0.15, -0.1) is 0 Å². The number of nitrogens with zero attached hydrogens (tertiary/aromatic N) is 2. The summed E-state index contributed by atoms with van der Waals surface area (Å²) in [7, 11) is 0. The molecule has 2 aliphatic rings. The SMILES string of the molecule is CCN1CCN(C2=Cc3ccccc3Oc3ccccc32)CC1. The minimum atomic E-state index is 0.933. The van der Waals surface area contributed by atoms with Crippen LogP contribution in [0.25, 0.3) is 11.8 Å². The third-order valence-corrected chi connectivity index (χ3v) is 4.75. The second kappa shape index (κ2) is 6.09. The molecule has 0 aliphatic carbocycles. The molecule has 0 atom stereocenters. The van der Waals surface area contributed by atoms with Crippen molar-refractivity contribution in [3.63, 3.8) is 0 Å². The van der Waals surface area contributed by atoms with Gasteiger partial charge >= 0.3 is 0 Å². The highest BCUT2D eigenvalue weighted by Crippen LogP contribution is 2.39. The van der Waals surface area contributed by atoms with Gasteiger partial charge in [0.15, 0.2) is 0 Å². The molecule has 0 bridgehead atoms. The Balaban J connectivity index is 1.76. The Morgan fingerprint density at radius 3 is 2.35 bits per heavy atom. The Hall–Kier alpha value is -2.26. The van der Waals surface area contributed by atoms with Gasteiger partial charge in [-0.1, -0.05) is 37.3 Å². The van der Waals surface area contributed by atoms with Crippen LogP contribution in [0.1, 0.15) is 18.1 Å². The number of likely N-dealkylation sites (N-methyl/N-ethyl adjacent to an activating group) is 1. The predicted molar refractivity (Wildman–Crippen MR) is 94.5 cm³/mol. The Morgan fingerprint density at radius 1 is 0.870 bits per heavy atom. The van der Waals surface area contributed by atoms with Gasteiger partial charge in [0, 0.05) is 43.0 Å². The van der Waals surface area contributed by atoms with Crippen LogP contribution in [0, 0.1) is 0 Å². The van der Waals surface area contributed by atoms with Crippen molar-refractivity contribution in [2.24, 2.45) is 0 Å². The van der Waals surface area contributed by atoms with E-state index in [1.54, 1.807) is 0 Å². The molecular formula is C20H22N2O. The lowest BCUT2D eigenvalue weighted by Crippen LogP contribution is -2.45. The quantitative estimate of drug-likeness (QED) is 0.836. The second-order valence-corrected chi connectivity index (χ2v) is 6.09. The van der Waals surface area contributed by atoms with E-state index in [0.29, 0.717) is 0 Å². The van der Waals surface area contributed by atoms with Gasteiger partial charge in [-0.2, -0.15) is 0 Å². The molecule has 3 heteroatoms. The van der Waals surface area contributed by atoms with E-state index in [0.717, 1.165) is 49.8 Å². The monoisotopic (exact) mass is 306 g/mol. The first kappa shape index (κ1) is 14.3. The van der Waals surface area contributed by atoms with Gasteiger partial charge in [-0.3, -0.25) is 0 Å². The topological polar surface area (TPSA) is 15.7 Å². The van der Waals surface area contributed by atoms with E-state index in [9.17, 15) is 0 Å². The maximum atomic E-state index is 6.18. The molecule has 0 N–H and O–H groups in total. The zero-order valence-electron chi connectivity index (χ0n) is 13.5. The molecule has 118 valence electrons. The minimum Gasteiger partial charge on any atom is -0.456 e. The first-order valence-corrected chi connectivity index (χ1v) is 8.40. The van der Waals surface area contributed by atoms with Crippen LogP contribution in [0.5, 0.6) is 11.5 Å². The van der Waals surface area contributed by atoms with Gasteiger partial charge in [-0.25, -0.2) is 0 Å². The van der Waals surface area contributed by atoms with E-state index in [2.05, 4.69) is 53.1 Å². The number of ether oxygens (including phenoxy) is 1. The molecule has 1 fully saturated rings. The largest absolute Gasteiger partial charge is 0.456 e. The zero-order valence-corrected chi connectivity index (χ0v) is 13.5. The summed E-state index contributed by atoms with van der Waals surface area (Å²) in [5.41, 5.74) is 3.62. The molecule has 2 aromatic carbocycles. The maximum Gasteiger partial charge on any atom is 0.136 e. The third kappa shape index (κ3) is 2.73. The number of para-hydroxylation sites is 2. The summed E-state index contributed by atoms with van der Waals surface area (Å²) in [5, 5.41) is 0. The summed E-state index contributed by atoms with van der Waals surface area (Å²) in [6.07, 6.45) is 2.28. The number of hydrogen-bond acceptors (Lipinski definition) is 3. The first-order valence-electron chi connectivity index (χ1n) is 8.40. The molecule has 0 unspecified atom stereocenters. The lowest BCUT2D eigenvalue weighted by atomic mass is 10.1. The molecule has 2 aliphatic heterocycles. The van der Waals surface area contributed by atoms with Crippen molar-refractivity contribution in [3.05, 3.63) is 59.7 Å². The van der Waals surface area contributed by atoms with E-state index in [1.165, 1.54) is 11.3 Å². The summed E-state index contributed by atoms with van der Waals surface area (Å²) < 4.78 is 6.18. The van der Waals surface area contributed by atoms with Crippen LogP contribution in [0.2, 0.25) is 0 Å². The Bertz CT molecular complexity index is 730. The van der Waals surface area contributed by atoms with Crippen LogP contribution >= 0.6 is 0 Å². The van der Waals surface area contributed by atoms with Crippen molar-refractivity contribution >= 4 is 11.8 Å². The van der Waals surface area contributed by atoms with Gasteiger partial charge in [0.1, 0.15) is 11.5 Å². The van der Waals surface area contributed by atoms with Crippen LogP contribution in [0.4, 0.5) is 0 Å². The second-order valence-electron chi connectivity index (χ2n) is 6.09. The summed E-state index contributed by atoms with van der Waals surface area (Å²) in [6, 6.07) is 16.6. The number of piperazine rings is 1. The smallest absolute Gasteiger partial charge is 0.136 e. The van der Waals surface area contributed by atoms with E-state index in [-0.39, 0.29) is 0 Å². The van der Waals surface area contributed by atoms with Crippen molar-refractivity contribution in [1.82, 2.24) is 9.80 Å². The van der Waals surface area contributed by atoms with Crippen LogP contribution < -0.4 is 4.74 Å². The van der Waals surface area contributed by atoms with Crippen molar-refractivity contribution < 1.29 is 4.74 Å². The lowest BCUT2D eigenvalue weighted by Gasteiger charge is -2.37. The van der Waals surface area contributed by atoms with Gasteiger partial charge < -0.3 is 14.5 Å². The fourth-order valence-corrected chi connectivity index (χ4v) is 3.37. The molecule has 0 spiro atoms. The Kier molecular flexibility index (Phi) is 3.80. The molecule has 0 aromatic heterocycles. The third-order valence-electron chi connectivity index (χ3n) is 4.75. The lowest BCUT2D eigenvalue weighted by molar-refractivity contribution is 0.183. The summed E-state index contributed by atoms with van der Waals surface area (Å²) >= 11 is 0. The average molecular weight is 306 g/mol. The highest BCUT2D eigenvalue weighted by molar-refractivity contribution is 5.86. The van der Waals surface area contributed by atoms with Crippen LogP contribution in [0.3, 0.4) is 0 Å². The summed E-state index contributed by atoms with van der Waals surface area (Å²) in [5.74, 6) is 1.88. The molecule has 2 aromatic rings. The molecule has 4 rings (SSSR count). The van der Waals surface area contributed by atoms with Crippen molar-refractivity contribution in [2.75, 3.05) is 32.7 Å². The van der Waals surface area contributed by atoms with E-state index in [4.69, 9.17) is 4.74 Å². The molecular weight excluding hydrogens is 284 g/mol. The van der Waals surface area contributed by atoms with Gasteiger partial charge in [0.25, 0.3) is 0 Å². The van der Waals surface area contributed by atoms with Gasteiger partial charge in [-0.05, 0) is 30.8 Å².